The van der Waals surface area contributed by atoms with Crippen LogP contribution in [0.5, 0.6) is 11.5 Å². The minimum Gasteiger partial charge on any atom is -0.505 e. The van der Waals surface area contributed by atoms with Gasteiger partial charge >= 0.3 is 5.97 Å². The minimum atomic E-state index is -1.25. The summed E-state index contributed by atoms with van der Waals surface area (Å²) in [5.74, 6) is -2.55. The second kappa shape index (κ2) is 4.36. The lowest BCUT2D eigenvalue weighted by atomic mass is 10.1. The average Bonchev–Trinajstić information content (AvgIpc) is 2.81. The molecule has 0 radical (unpaired) electrons. The van der Waals surface area contributed by atoms with Gasteiger partial charge in [-0.25, -0.2) is 9.18 Å². The molecule has 0 amide bonds. The Kier molecular flexibility index (Phi) is 2.88. The molecule has 0 aliphatic carbocycles. The Hall–Kier alpha value is -2.57. The summed E-state index contributed by atoms with van der Waals surface area (Å²) in [7, 11) is 1.31. The maximum Gasteiger partial charge on any atom is 0.358 e. The number of aromatic carboxylic acids is 1. The molecule has 94 valence electrons. The van der Waals surface area contributed by atoms with Gasteiger partial charge in [-0.15, -0.1) is 0 Å². The van der Waals surface area contributed by atoms with Crippen LogP contribution in [0.15, 0.2) is 22.7 Å². The van der Waals surface area contributed by atoms with Crippen LogP contribution >= 0.6 is 0 Å². The number of methoxy groups -OCH3 is 1. The van der Waals surface area contributed by atoms with Crippen molar-refractivity contribution in [3.8, 4) is 22.8 Å². The van der Waals surface area contributed by atoms with Crippen molar-refractivity contribution in [3.63, 3.8) is 0 Å². The second-order valence-electron chi connectivity index (χ2n) is 3.39. The molecule has 0 fully saturated rings. The van der Waals surface area contributed by atoms with Gasteiger partial charge in [0.25, 0.3) is 0 Å². The van der Waals surface area contributed by atoms with Crippen LogP contribution in [0.1, 0.15) is 10.5 Å². The molecule has 0 saturated heterocycles. The van der Waals surface area contributed by atoms with E-state index in [9.17, 15) is 14.3 Å². The lowest BCUT2D eigenvalue weighted by Crippen LogP contribution is -1.94. The highest BCUT2D eigenvalue weighted by molar-refractivity contribution is 5.86. The molecule has 6 nitrogen and oxygen atoms in total. The molecule has 2 aromatic rings. The van der Waals surface area contributed by atoms with Crippen LogP contribution in [-0.4, -0.2) is 28.4 Å². The number of nitrogens with zero attached hydrogens (tertiary/aromatic N) is 1. The number of ether oxygens (including phenoxy) is 1. The highest BCUT2D eigenvalue weighted by Crippen LogP contribution is 2.35. The Morgan fingerprint density at radius 1 is 1.44 bits per heavy atom. The first-order chi connectivity index (χ1) is 8.52. The minimum absolute atomic E-state index is 0.0551. The first-order valence-corrected chi connectivity index (χ1v) is 4.80. The fraction of sp³-hybridized carbons (Fsp3) is 0.0909. The smallest absolute Gasteiger partial charge is 0.358 e. The number of halogens is 1. The van der Waals surface area contributed by atoms with Gasteiger partial charge in [-0.2, -0.15) is 0 Å². The van der Waals surface area contributed by atoms with Gasteiger partial charge in [0, 0.05) is 12.1 Å². The number of aromatic nitrogens is 1. The van der Waals surface area contributed by atoms with Gasteiger partial charge in [0.05, 0.1) is 12.7 Å². The first-order valence-electron chi connectivity index (χ1n) is 4.80. The van der Waals surface area contributed by atoms with E-state index in [0.717, 1.165) is 18.2 Å². The SMILES string of the molecule is COc1cc(F)c(O)cc1-c1cc(C(=O)O)no1. The third kappa shape index (κ3) is 1.97. The van der Waals surface area contributed by atoms with Gasteiger partial charge in [0.1, 0.15) is 5.75 Å². The predicted molar refractivity (Wildman–Crippen MR) is 57.1 cm³/mol. The molecule has 0 atom stereocenters. The van der Waals surface area contributed by atoms with E-state index in [1.54, 1.807) is 0 Å². The van der Waals surface area contributed by atoms with E-state index >= 15 is 0 Å². The number of hydrogen-bond donors (Lipinski definition) is 2. The lowest BCUT2D eigenvalue weighted by Gasteiger charge is -2.06. The van der Waals surface area contributed by atoms with Crippen LogP contribution in [0.2, 0.25) is 0 Å². The number of aromatic hydroxyl groups is 1. The molecular weight excluding hydrogens is 245 g/mol. The number of rotatable bonds is 3. The molecule has 2 N–H and O–H groups in total. The van der Waals surface area contributed by atoms with E-state index in [2.05, 4.69) is 5.16 Å². The van der Waals surface area contributed by atoms with Gasteiger partial charge in [0.15, 0.2) is 23.0 Å². The van der Waals surface area contributed by atoms with Crippen LogP contribution in [0, 0.1) is 5.82 Å². The van der Waals surface area contributed by atoms with Crippen molar-refractivity contribution in [1.29, 1.82) is 0 Å². The van der Waals surface area contributed by atoms with E-state index in [0.29, 0.717) is 0 Å². The van der Waals surface area contributed by atoms with E-state index in [1.165, 1.54) is 7.11 Å². The van der Waals surface area contributed by atoms with Crippen molar-refractivity contribution in [2.24, 2.45) is 0 Å². The van der Waals surface area contributed by atoms with Crippen molar-refractivity contribution in [1.82, 2.24) is 5.16 Å². The molecule has 1 heterocycles. The summed E-state index contributed by atoms with van der Waals surface area (Å²) in [5, 5.41) is 21.3. The molecule has 7 heteroatoms. The van der Waals surface area contributed by atoms with Gasteiger partial charge in [-0.05, 0) is 6.07 Å². The zero-order chi connectivity index (χ0) is 13.3. The van der Waals surface area contributed by atoms with Crippen molar-refractivity contribution in [3.05, 3.63) is 29.7 Å². The van der Waals surface area contributed by atoms with E-state index < -0.39 is 17.5 Å². The van der Waals surface area contributed by atoms with E-state index in [4.69, 9.17) is 14.4 Å². The van der Waals surface area contributed by atoms with Gasteiger partial charge in [-0.1, -0.05) is 5.16 Å². The Bertz CT molecular complexity index is 607. The molecule has 0 bridgehead atoms. The summed E-state index contributed by atoms with van der Waals surface area (Å²) < 4.78 is 22.8. The van der Waals surface area contributed by atoms with Gasteiger partial charge in [0.2, 0.25) is 0 Å². The van der Waals surface area contributed by atoms with Gasteiger partial charge in [-0.3, -0.25) is 0 Å². The number of hydrogen-bond acceptors (Lipinski definition) is 5. The number of benzene rings is 1. The maximum absolute atomic E-state index is 13.1. The monoisotopic (exact) mass is 253 g/mol. The second-order valence-corrected chi connectivity index (χ2v) is 3.39. The molecule has 0 unspecified atom stereocenters. The summed E-state index contributed by atoms with van der Waals surface area (Å²) in [6, 6.07) is 3.19. The lowest BCUT2D eigenvalue weighted by molar-refractivity contribution is 0.0686. The normalized spacial score (nSPS) is 10.3. The highest BCUT2D eigenvalue weighted by atomic mass is 19.1. The van der Waals surface area contributed by atoms with E-state index in [-0.39, 0.29) is 22.8 Å². The Labute approximate surface area is 100 Å². The quantitative estimate of drug-likeness (QED) is 0.867. The molecule has 0 aliphatic heterocycles. The molecule has 0 saturated carbocycles. The van der Waals surface area contributed by atoms with Crippen molar-refractivity contribution < 1.29 is 28.7 Å². The fourth-order valence-electron chi connectivity index (χ4n) is 1.41. The molecule has 0 aliphatic rings. The molecular formula is C11H8FNO5. The largest absolute Gasteiger partial charge is 0.505 e. The summed E-state index contributed by atoms with van der Waals surface area (Å²) in [4.78, 5) is 10.7. The Balaban J connectivity index is 2.55. The topological polar surface area (TPSA) is 92.8 Å². The summed E-state index contributed by atoms with van der Waals surface area (Å²) in [5.41, 5.74) is -0.0905. The summed E-state index contributed by atoms with van der Waals surface area (Å²) in [6.45, 7) is 0. The predicted octanol–water partition coefficient (Wildman–Crippen LogP) is 1.89. The number of carbonyl (C=O) groups is 1. The van der Waals surface area contributed by atoms with Crippen molar-refractivity contribution in [2.75, 3.05) is 7.11 Å². The van der Waals surface area contributed by atoms with Crippen LogP contribution in [0.4, 0.5) is 4.39 Å². The number of carboxylic acids is 1. The number of phenolic OH excluding ortho intramolecular Hbond substituents is 1. The molecule has 1 aromatic heterocycles. The summed E-state index contributed by atoms with van der Waals surface area (Å²) >= 11 is 0. The molecule has 2 rings (SSSR count). The van der Waals surface area contributed by atoms with Crippen LogP contribution in [0.3, 0.4) is 0 Å². The highest BCUT2D eigenvalue weighted by Gasteiger charge is 2.18. The maximum atomic E-state index is 13.1. The van der Waals surface area contributed by atoms with Crippen LogP contribution < -0.4 is 4.74 Å². The van der Waals surface area contributed by atoms with Crippen molar-refractivity contribution in [2.45, 2.75) is 0 Å². The first kappa shape index (κ1) is 11.9. The Morgan fingerprint density at radius 2 is 2.17 bits per heavy atom. The Morgan fingerprint density at radius 3 is 2.72 bits per heavy atom. The molecule has 18 heavy (non-hydrogen) atoms. The molecule has 0 spiro atoms. The summed E-state index contributed by atoms with van der Waals surface area (Å²) in [6.07, 6.45) is 0. The fourth-order valence-corrected chi connectivity index (χ4v) is 1.41. The number of carboxylic acid groups (broad SMARTS) is 1. The average molecular weight is 253 g/mol. The van der Waals surface area contributed by atoms with E-state index in [1.807, 2.05) is 0 Å². The zero-order valence-corrected chi connectivity index (χ0v) is 9.18. The third-order valence-electron chi connectivity index (χ3n) is 2.26. The van der Waals surface area contributed by atoms with Crippen LogP contribution in [-0.2, 0) is 0 Å². The van der Waals surface area contributed by atoms with Gasteiger partial charge < -0.3 is 19.5 Å². The molecule has 1 aromatic carbocycles. The zero-order valence-electron chi connectivity index (χ0n) is 9.18. The van der Waals surface area contributed by atoms with Crippen LogP contribution in [0.25, 0.3) is 11.3 Å². The standard InChI is InChI=1S/C11H8FNO5/c1-17-9-3-6(12)8(14)2-5(9)10-4-7(11(15)16)13-18-10/h2-4,14H,1H3,(H,15,16). The number of phenols is 1. The third-order valence-corrected chi connectivity index (χ3v) is 2.26. The van der Waals surface area contributed by atoms with Crippen molar-refractivity contribution >= 4 is 5.97 Å².